The number of para-hydroxylation sites is 1. The predicted molar refractivity (Wildman–Crippen MR) is 233 cm³/mol. The van der Waals surface area contributed by atoms with Crippen LogP contribution in [0.25, 0.3) is 108 Å². The molecule has 0 saturated carbocycles. The minimum atomic E-state index is 0.936. The summed E-state index contributed by atoms with van der Waals surface area (Å²) in [4.78, 5) is 0. The van der Waals surface area contributed by atoms with Gasteiger partial charge < -0.3 is 4.42 Å². The summed E-state index contributed by atoms with van der Waals surface area (Å²) in [5, 5.41) is 12.2. The van der Waals surface area contributed by atoms with E-state index in [-0.39, 0.29) is 0 Å². The van der Waals surface area contributed by atoms with Crippen LogP contribution in [-0.2, 0) is 0 Å². The molecule has 0 spiro atoms. The van der Waals surface area contributed by atoms with E-state index in [1.807, 2.05) is 17.4 Å². The lowest BCUT2D eigenvalue weighted by Gasteiger charge is -2.11. The summed E-state index contributed by atoms with van der Waals surface area (Å²) in [7, 11) is 0. The van der Waals surface area contributed by atoms with Gasteiger partial charge in [0, 0.05) is 41.7 Å². The van der Waals surface area contributed by atoms with Crippen LogP contribution >= 0.6 is 11.3 Å². The number of thiophene rings is 1. The van der Waals surface area contributed by atoms with E-state index in [1.54, 1.807) is 0 Å². The van der Waals surface area contributed by atoms with Crippen molar-refractivity contribution in [3.8, 4) is 33.4 Å². The fourth-order valence-corrected chi connectivity index (χ4v) is 9.49. The molecule has 0 bridgehead atoms. The maximum atomic E-state index is 6.39. The van der Waals surface area contributed by atoms with Crippen LogP contribution in [0.2, 0.25) is 0 Å². The second kappa shape index (κ2) is 12.4. The first kappa shape index (κ1) is 30.8. The molecule has 0 aliphatic heterocycles. The Morgan fingerprint density at radius 2 is 0.833 bits per heavy atom. The topological polar surface area (TPSA) is 13.1 Å². The Morgan fingerprint density at radius 3 is 1.59 bits per heavy atom. The van der Waals surface area contributed by atoms with Crippen LogP contribution in [0.3, 0.4) is 0 Å². The van der Waals surface area contributed by atoms with Crippen molar-refractivity contribution in [1.82, 2.24) is 0 Å². The fourth-order valence-electron chi connectivity index (χ4n) is 8.28. The molecule has 2 aromatic heterocycles. The van der Waals surface area contributed by atoms with Gasteiger partial charge in [0.25, 0.3) is 0 Å². The van der Waals surface area contributed by atoms with Gasteiger partial charge in [0.1, 0.15) is 11.2 Å². The lowest BCUT2D eigenvalue weighted by Crippen LogP contribution is -1.84. The van der Waals surface area contributed by atoms with Crippen molar-refractivity contribution in [3.63, 3.8) is 0 Å². The molecule has 252 valence electrons. The molecule has 9 aromatic carbocycles. The number of fused-ring (bicyclic) bond motifs is 11. The summed E-state index contributed by atoms with van der Waals surface area (Å²) < 4.78 is 9.00. The molecule has 0 unspecified atom stereocenters. The molecule has 2 heterocycles. The van der Waals surface area contributed by atoms with E-state index in [0.29, 0.717) is 0 Å². The standard InChI is InChI=1S/C52H32OS/c1-2-7-15-40(42-17-9-8-16-41(42)39(14-6-1)33-12-4-3-5-13-33)38-23-22-34-30-35(20-21-36(34)31-38)37-24-29-50-48(32-37)47-28-26-45-46(52(47)54-50)27-25-44-43-18-10-11-19-49(43)53-51(44)45/h1-32H. The molecule has 0 amide bonds. The van der Waals surface area contributed by atoms with E-state index in [0.717, 1.165) is 11.2 Å². The monoisotopic (exact) mass is 704 g/mol. The first-order chi connectivity index (χ1) is 26.8. The van der Waals surface area contributed by atoms with Crippen molar-refractivity contribution in [2.24, 2.45) is 0 Å². The Balaban J connectivity index is 1.01. The van der Waals surface area contributed by atoms with Crippen LogP contribution in [0.5, 0.6) is 0 Å². The average Bonchev–Trinajstić information content (AvgIpc) is 3.81. The van der Waals surface area contributed by atoms with E-state index in [1.165, 1.54) is 96.6 Å². The molecule has 0 radical (unpaired) electrons. The van der Waals surface area contributed by atoms with Crippen LogP contribution in [-0.4, -0.2) is 0 Å². The average molecular weight is 705 g/mol. The van der Waals surface area contributed by atoms with E-state index in [9.17, 15) is 0 Å². The molecule has 0 saturated heterocycles. The number of furan rings is 1. The van der Waals surface area contributed by atoms with Crippen LogP contribution in [0.4, 0.5) is 0 Å². The summed E-state index contributed by atoms with van der Waals surface area (Å²) in [5.74, 6) is 0. The highest BCUT2D eigenvalue weighted by atomic mass is 32.1. The summed E-state index contributed by atoms with van der Waals surface area (Å²) in [6.07, 6.45) is 0. The summed E-state index contributed by atoms with van der Waals surface area (Å²) >= 11 is 1.87. The van der Waals surface area contributed by atoms with Gasteiger partial charge in [-0.25, -0.2) is 0 Å². The Labute approximate surface area is 316 Å². The first-order valence-corrected chi connectivity index (χ1v) is 19.2. The van der Waals surface area contributed by atoms with E-state index in [4.69, 9.17) is 4.42 Å². The summed E-state index contributed by atoms with van der Waals surface area (Å²) in [6.45, 7) is 0. The van der Waals surface area contributed by atoms with Crippen LogP contribution < -0.4 is 0 Å². The van der Waals surface area contributed by atoms with Gasteiger partial charge in [-0.3, -0.25) is 0 Å². The van der Waals surface area contributed by atoms with Gasteiger partial charge in [-0.15, -0.1) is 11.3 Å². The lowest BCUT2D eigenvalue weighted by molar-refractivity contribution is 0.672. The second-order valence-electron chi connectivity index (χ2n) is 14.0. The molecule has 11 rings (SSSR count). The zero-order chi connectivity index (χ0) is 35.6. The highest BCUT2D eigenvalue weighted by molar-refractivity contribution is 7.26. The Hall–Kier alpha value is -6.74. The molecule has 0 atom stereocenters. The molecule has 0 aliphatic rings. The maximum absolute atomic E-state index is 6.39. The number of rotatable bonds is 3. The van der Waals surface area contributed by atoms with Gasteiger partial charge in [0.2, 0.25) is 0 Å². The maximum Gasteiger partial charge on any atom is 0.143 e. The van der Waals surface area contributed by atoms with E-state index in [2.05, 4.69) is 188 Å². The molecule has 54 heavy (non-hydrogen) atoms. The van der Waals surface area contributed by atoms with Gasteiger partial charge in [0.05, 0.1) is 0 Å². The normalized spacial score (nSPS) is 11.7. The van der Waals surface area contributed by atoms with E-state index < -0.39 is 0 Å². The smallest absolute Gasteiger partial charge is 0.143 e. The third kappa shape index (κ3) is 4.99. The van der Waals surface area contributed by atoms with Crippen molar-refractivity contribution in [1.29, 1.82) is 0 Å². The van der Waals surface area contributed by atoms with Gasteiger partial charge in [-0.05, 0) is 97.4 Å². The highest BCUT2D eigenvalue weighted by Gasteiger charge is 2.15. The molecule has 0 aliphatic carbocycles. The van der Waals surface area contributed by atoms with Gasteiger partial charge in [-0.2, -0.15) is 0 Å². The van der Waals surface area contributed by atoms with Crippen LogP contribution in [0.15, 0.2) is 199 Å². The number of benzene rings is 8. The Morgan fingerprint density at radius 1 is 0.315 bits per heavy atom. The fraction of sp³-hybridized carbons (Fsp3) is 0. The van der Waals surface area contributed by atoms with Crippen LogP contribution in [0, 0.1) is 0 Å². The van der Waals surface area contributed by atoms with Gasteiger partial charge in [-0.1, -0.05) is 152 Å². The van der Waals surface area contributed by atoms with Crippen molar-refractivity contribution < 1.29 is 4.42 Å². The zero-order valence-corrected chi connectivity index (χ0v) is 30.1. The van der Waals surface area contributed by atoms with Crippen molar-refractivity contribution in [3.05, 3.63) is 194 Å². The van der Waals surface area contributed by atoms with Crippen molar-refractivity contribution in [2.75, 3.05) is 0 Å². The quantitative estimate of drug-likeness (QED) is 0.178. The molecular weight excluding hydrogens is 673 g/mol. The third-order valence-electron chi connectivity index (χ3n) is 10.9. The highest BCUT2D eigenvalue weighted by Crippen LogP contribution is 2.43. The molecular formula is C52H32OS. The molecule has 0 N–H and O–H groups in total. The minimum absolute atomic E-state index is 0.936. The number of hydrogen-bond acceptors (Lipinski definition) is 2. The SMILES string of the molecule is c1ccc(-c2ccccccc(-c3ccc4cc(-c5ccc6sc7c(ccc8c7ccc7c9ccccc9oc78)c6c5)ccc4c3)c3ccccc23)cc1. The van der Waals surface area contributed by atoms with Crippen molar-refractivity contribution >= 4 is 85.8 Å². The third-order valence-corrected chi connectivity index (χ3v) is 12.1. The number of hydrogen-bond donors (Lipinski definition) is 0. The van der Waals surface area contributed by atoms with E-state index >= 15 is 0 Å². The first-order valence-electron chi connectivity index (χ1n) is 18.4. The molecule has 1 nitrogen and oxygen atoms in total. The predicted octanol–water partition coefficient (Wildman–Crippen LogP) is 15.5. The van der Waals surface area contributed by atoms with Crippen LogP contribution in [0.1, 0.15) is 0 Å². The van der Waals surface area contributed by atoms with Gasteiger partial charge >= 0.3 is 0 Å². The summed E-state index contributed by atoms with van der Waals surface area (Å²) in [5.41, 5.74) is 9.16. The largest absolute Gasteiger partial charge is 0.455 e. The second-order valence-corrected chi connectivity index (χ2v) is 15.1. The van der Waals surface area contributed by atoms with Crippen molar-refractivity contribution in [2.45, 2.75) is 0 Å². The molecule has 0 fully saturated rings. The Kier molecular flexibility index (Phi) is 7.11. The molecule has 11 aromatic rings. The minimum Gasteiger partial charge on any atom is -0.455 e. The zero-order valence-electron chi connectivity index (χ0n) is 29.3. The summed E-state index contributed by atoms with van der Waals surface area (Å²) in [6, 6.07) is 70.4. The lowest BCUT2D eigenvalue weighted by atomic mass is 9.93. The molecule has 2 heteroatoms. The Bertz CT molecular complexity index is 3330. The van der Waals surface area contributed by atoms with Gasteiger partial charge in [0.15, 0.2) is 0 Å².